The molecule has 0 saturated carbocycles. The lowest BCUT2D eigenvalue weighted by Gasteiger charge is -2.27. The maximum Gasteiger partial charge on any atom is 0.238 e. The van der Waals surface area contributed by atoms with Crippen molar-refractivity contribution in [2.45, 2.75) is 43.1 Å². The first-order valence-corrected chi connectivity index (χ1v) is 13.0. The molecule has 3 aromatic carbocycles. The highest BCUT2D eigenvalue weighted by Gasteiger charge is 2.33. The van der Waals surface area contributed by atoms with Crippen LogP contribution >= 0.6 is 0 Å². The van der Waals surface area contributed by atoms with Gasteiger partial charge in [0.05, 0.1) is 17.4 Å². The molecule has 176 valence electrons. The van der Waals surface area contributed by atoms with E-state index in [1.54, 1.807) is 6.07 Å². The molecule has 0 aliphatic carbocycles. The maximum atomic E-state index is 11.8. The summed E-state index contributed by atoms with van der Waals surface area (Å²) >= 11 is 0. The molecule has 2 N–H and O–H groups in total. The van der Waals surface area contributed by atoms with Crippen molar-refractivity contribution in [3.05, 3.63) is 89.7 Å². The summed E-state index contributed by atoms with van der Waals surface area (Å²) in [6, 6.07) is 22.9. The van der Waals surface area contributed by atoms with Crippen molar-refractivity contribution in [1.29, 1.82) is 0 Å². The normalized spacial score (nSPS) is 16.8. The SMILES string of the molecule is CCCc1ccccc1[C@@H](c1cc2ccccc2o1)C1CCOc2cc(S(N)(=O)=O)ccc2O1. The molecular formula is C27H27NO5S. The second kappa shape index (κ2) is 9.16. The monoisotopic (exact) mass is 477 g/mol. The molecule has 0 radical (unpaired) electrons. The van der Waals surface area contributed by atoms with E-state index in [0.29, 0.717) is 24.5 Å². The molecule has 1 aromatic heterocycles. The Morgan fingerprint density at radius 1 is 1.00 bits per heavy atom. The number of hydrogen-bond donors (Lipinski definition) is 1. The van der Waals surface area contributed by atoms with Gasteiger partial charge in [-0.2, -0.15) is 0 Å². The van der Waals surface area contributed by atoms with E-state index in [0.717, 1.165) is 35.1 Å². The predicted octanol–water partition coefficient (Wildman–Crippen LogP) is 5.39. The zero-order valence-electron chi connectivity index (χ0n) is 18.9. The van der Waals surface area contributed by atoms with Gasteiger partial charge in [-0.1, -0.05) is 55.8 Å². The molecule has 2 heterocycles. The fourth-order valence-electron chi connectivity index (χ4n) is 4.64. The van der Waals surface area contributed by atoms with Crippen LogP contribution in [0.1, 0.15) is 42.6 Å². The molecule has 1 aliphatic heterocycles. The standard InChI is InChI=1S/C27H27NO5S/c1-2-7-18-8-3-5-10-21(18)27(26-16-19-9-4-6-11-22(19)32-26)24-14-15-31-25-17-20(34(28,29)30)12-13-23(25)33-24/h3-6,8-13,16-17,24,27H,2,7,14-15H2,1H3,(H2,28,29,30)/t24?,27-/m1/s1. The molecule has 2 atom stereocenters. The van der Waals surface area contributed by atoms with Crippen molar-refractivity contribution >= 4 is 21.0 Å². The van der Waals surface area contributed by atoms with Crippen LogP contribution in [-0.4, -0.2) is 21.1 Å². The van der Waals surface area contributed by atoms with E-state index in [4.69, 9.17) is 19.0 Å². The van der Waals surface area contributed by atoms with Gasteiger partial charge >= 0.3 is 0 Å². The van der Waals surface area contributed by atoms with E-state index in [-0.39, 0.29) is 16.9 Å². The topological polar surface area (TPSA) is 91.8 Å². The van der Waals surface area contributed by atoms with E-state index in [2.05, 4.69) is 31.2 Å². The number of hydrogen-bond acceptors (Lipinski definition) is 5. The predicted molar refractivity (Wildman–Crippen MR) is 131 cm³/mol. The van der Waals surface area contributed by atoms with E-state index in [9.17, 15) is 8.42 Å². The second-order valence-electron chi connectivity index (χ2n) is 8.56. The van der Waals surface area contributed by atoms with E-state index in [1.165, 1.54) is 17.7 Å². The van der Waals surface area contributed by atoms with Gasteiger partial charge in [-0.25, -0.2) is 13.6 Å². The quantitative estimate of drug-likeness (QED) is 0.402. The van der Waals surface area contributed by atoms with Crippen molar-refractivity contribution < 1.29 is 22.3 Å². The van der Waals surface area contributed by atoms with Crippen LogP contribution in [0.5, 0.6) is 11.5 Å². The van der Waals surface area contributed by atoms with Crippen LogP contribution in [0, 0.1) is 0 Å². The van der Waals surface area contributed by atoms with Crippen LogP contribution < -0.4 is 14.6 Å². The van der Waals surface area contributed by atoms with Crippen LogP contribution in [0.15, 0.2) is 82.1 Å². The molecule has 1 aliphatic rings. The van der Waals surface area contributed by atoms with Crippen molar-refractivity contribution in [2.24, 2.45) is 5.14 Å². The van der Waals surface area contributed by atoms with Crippen LogP contribution in [0.25, 0.3) is 11.0 Å². The third-order valence-electron chi connectivity index (χ3n) is 6.21. The molecule has 34 heavy (non-hydrogen) atoms. The number of furan rings is 1. The minimum Gasteiger partial charge on any atom is -0.490 e. The number of benzene rings is 3. The molecule has 0 spiro atoms. The zero-order valence-corrected chi connectivity index (χ0v) is 19.8. The van der Waals surface area contributed by atoms with Crippen LogP contribution in [-0.2, 0) is 16.4 Å². The molecule has 0 bridgehead atoms. The van der Waals surface area contributed by atoms with Gasteiger partial charge in [0, 0.05) is 17.9 Å². The fraction of sp³-hybridized carbons (Fsp3) is 0.259. The Morgan fingerprint density at radius 3 is 2.59 bits per heavy atom. The van der Waals surface area contributed by atoms with Gasteiger partial charge in [0.25, 0.3) is 0 Å². The first-order valence-electron chi connectivity index (χ1n) is 11.5. The summed E-state index contributed by atoms with van der Waals surface area (Å²) in [6.07, 6.45) is 2.30. The van der Waals surface area contributed by atoms with Gasteiger partial charge in [-0.3, -0.25) is 0 Å². The minimum absolute atomic E-state index is 0.00424. The van der Waals surface area contributed by atoms with Crippen LogP contribution in [0.4, 0.5) is 0 Å². The number of nitrogens with two attached hydrogens (primary N) is 1. The number of sulfonamides is 1. The molecule has 7 heteroatoms. The highest BCUT2D eigenvalue weighted by atomic mass is 32.2. The van der Waals surface area contributed by atoms with Gasteiger partial charge in [-0.05, 0) is 41.8 Å². The Morgan fingerprint density at radius 2 is 1.79 bits per heavy atom. The third-order valence-corrected chi connectivity index (χ3v) is 7.13. The number of ether oxygens (including phenoxy) is 2. The maximum absolute atomic E-state index is 11.8. The largest absolute Gasteiger partial charge is 0.490 e. The molecule has 1 unspecified atom stereocenters. The van der Waals surface area contributed by atoms with Gasteiger partial charge in [0.15, 0.2) is 11.5 Å². The van der Waals surface area contributed by atoms with Crippen LogP contribution in [0.2, 0.25) is 0 Å². The highest BCUT2D eigenvalue weighted by molar-refractivity contribution is 7.89. The number of para-hydroxylation sites is 1. The molecule has 0 fully saturated rings. The minimum atomic E-state index is -3.84. The van der Waals surface area contributed by atoms with Gasteiger partial charge in [-0.15, -0.1) is 0 Å². The molecule has 0 amide bonds. The van der Waals surface area contributed by atoms with Crippen molar-refractivity contribution in [1.82, 2.24) is 0 Å². The summed E-state index contributed by atoms with van der Waals surface area (Å²) in [5.41, 5.74) is 3.26. The molecular weight excluding hydrogens is 450 g/mol. The third kappa shape index (κ3) is 4.41. The summed E-state index contributed by atoms with van der Waals surface area (Å²) in [6.45, 7) is 2.54. The Hall–Kier alpha value is -3.29. The average molecular weight is 478 g/mol. The molecule has 6 nitrogen and oxygen atoms in total. The van der Waals surface area contributed by atoms with E-state index >= 15 is 0 Å². The number of fused-ring (bicyclic) bond motifs is 2. The first-order chi connectivity index (χ1) is 16.4. The molecule has 5 rings (SSSR count). The highest BCUT2D eigenvalue weighted by Crippen LogP contribution is 2.41. The van der Waals surface area contributed by atoms with Crippen LogP contribution in [0.3, 0.4) is 0 Å². The van der Waals surface area contributed by atoms with Gasteiger partial charge in [0.1, 0.15) is 17.4 Å². The second-order valence-corrected chi connectivity index (χ2v) is 10.1. The summed E-state index contributed by atoms with van der Waals surface area (Å²) in [5.74, 6) is 1.53. The smallest absolute Gasteiger partial charge is 0.238 e. The lowest BCUT2D eigenvalue weighted by molar-refractivity contribution is 0.164. The summed E-state index contributed by atoms with van der Waals surface area (Å²) in [7, 11) is -3.84. The van der Waals surface area contributed by atoms with Gasteiger partial charge in [0.2, 0.25) is 10.0 Å². The summed E-state index contributed by atoms with van der Waals surface area (Å²) in [4.78, 5) is -0.00424. The molecule has 4 aromatic rings. The first kappa shape index (κ1) is 22.5. The number of rotatable bonds is 6. The summed E-state index contributed by atoms with van der Waals surface area (Å²) < 4.78 is 42.3. The van der Waals surface area contributed by atoms with Crippen molar-refractivity contribution in [3.63, 3.8) is 0 Å². The Balaban J connectivity index is 1.60. The lowest BCUT2D eigenvalue weighted by atomic mass is 9.85. The van der Waals surface area contributed by atoms with E-state index in [1.807, 2.05) is 30.3 Å². The number of primary sulfonamides is 1. The Kier molecular flexibility index (Phi) is 6.06. The molecule has 0 saturated heterocycles. The lowest BCUT2D eigenvalue weighted by Crippen LogP contribution is -2.27. The fourth-order valence-corrected chi connectivity index (χ4v) is 5.17. The summed E-state index contributed by atoms with van der Waals surface area (Å²) in [5, 5.41) is 6.34. The Bertz CT molecular complexity index is 1390. The Labute approximate surface area is 199 Å². The van der Waals surface area contributed by atoms with E-state index < -0.39 is 10.0 Å². The van der Waals surface area contributed by atoms with Crippen molar-refractivity contribution in [3.8, 4) is 11.5 Å². The van der Waals surface area contributed by atoms with Crippen molar-refractivity contribution in [2.75, 3.05) is 6.61 Å². The van der Waals surface area contributed by atoms with Gasteiger partial charge < -0.3 is 13.9 Å². The average Bonchev–Trinajstić information content (AvgIpc) is 3.12. The zero-order chi connectivity index (χ0) is 23.7. The number of aryl methyl sites for hydroxylation is 1.